The predicted octanol–water partition coefficient (Wildman–Crippen LogP) is 2.24. The van der Waals surface area contributed by atoms with Crippen molar-refractivity contribution in [3.8, 4) is 0 Å². The standard InChI is InChI=1S/C19H17N3O5/c1-2-20(11-13-6-4-3-5-7-13)17(23)12-21-18(24)15-9-8-14(22(26)27)10-16(15)19(21)25/h3-10H,2,11-12H2,1H3. The maximum absolute atomic E-state index is 12.6. The largest absolute Gasteiger partial charge is 0.337 e. The third kappa shape index (κ3) is 3.55. The Kier molecular flexibility index (Phi) is 4.98. The molecule has 3 amide bonds. The van der Waals surface area contributed by atoms with Crippen LogP contribution in [0.3, 0.4) is 0 Å². The molecule has 8 heteroatoms. The molecule has 0 spiro atoms. The maximum atomic E-state index is 12.6. The van der Waals surface area contributed by atoms with Gasteiger partial charge in [-0.1, -0.05) is 30.3 Å². The van der Waals surface area contributed by atoms with E-state index >= 15 is 0 Å². The predicted molar refractivity (Wildman–Crippen MR) is 96.0 cm³/mol. The number of non-ortho nitro benzene ring substituents is 1. The van der Waals surface area contributed by atoms with Crippen molar-refractivity contribution in [1.82, 2.24) is 9.80 Å². The minimum Gasteiger partial charge on any atom is -0.337 e. The molecule has 2 aromatic carbocycles. The van der Waals surface area contributed by atoms with Gasteiger partial charge in [0, 0.05) is 25.2 Å². The van der Waals surface area contributed by atoms with E-state index < -0.39 is 23.3 Å². The molecule has 27 heavy (non-hydrogen) atoms. The van der Waals surface area contributed by atoms with Crippen molar-refractivity contribution in [2.24, 2.45) is 0 Å². The molecular formula is C19H17N3O5. The van der Waals surface area contributed by atoms with Crippen molar-refractivity contribution in [2.75, 3.05) is 13.1 Å². The highest BCUT2D eigenvalue weighted by atomic mass is 16.6. The summed E-state index contributed by atoms with van der Waals surface area (Å²) in [4.78, 5) is 50.2. The number of hydrogen-bond donors (Lipinski definition) is 0. The Morgan fingerprint density at radius 1 is 1.07 bits per heavy atom. The summed E-state index contributed by atoms with van der Waals surface area (Å²) in [5.41, 5.74) is 0.686. The number of nitro benzene ring substituents is 1. The van der Waals surface area contributed by atoms with E-state index in [9.17, 15) is 24.5 Å². The van der Waals surface area contributed by atoms with E-state index in [-0.39, 0.29) is 22.7 Å². The van der Waals surface area contributed by atoms with E-state index in [1.807, 2.05) is 37.3 Å². The minimum atomic E-state index is -0.692. The summed E-state index contributed by atoms with van der Waals surface area (Å²) >= 11 is 0. The first-order chi connectivity index (χ1) is 12.9. The van der Waals surface area contributed by atoms with Gasteiger partial charge in [0.2, 0.25) is 5.91 Å². The van der Waals surface area contributed by atoms with Crippen molar-refractivity contribution < 1.29 is 19.3 Å². The Labute approximate surface area is 155 Å². The Bertz CT molecular complexity index is 926. The van der Waals surface area contributed by atoms with Crippen LogP contribution in [0.1, 0.15) is 33.2 Å². The molecule has 1 aliphatic heterocycles. The quantitative estimate of drug-likeness (QED) is 0.443. The SMILES string of the molecule is CCN(Cc1ccccc1)C(=O)CN1C(=O)c2ccc([N+](=O)[O-])cc2C1=O. The highest BCUT2D eigenvalue weighted by Gasteiger charge is 2.38. The van der Waals surface area contributed by atoms with Crippen molar-refractivity contribution in [2.45, 2.75) is 13.5 Å². The highest BCUT2D eigenvalue weighted by molar-refractivity contribution is 6.22. The Morgan fingerprint density at radius 2 is 1.74 bits per heavy atom. The lowest BCUT2D eigenvalue weighted by atomic mass is 10.1. The van der Waals surface area contributed by atoms with Gasteiger partial charge in [-0.25, -0.2) is 0 Å². The minimum absolute atomic E-state index is 0.0480. The van der Waals surface area contributed by atoms with Crippen LogP contribution in [-0.4, -0.2) is 45.5 Å². The summed E-state index contributed by atoms with van der Waals surface area (Å²) in [6.07, 6.45) is 0. The zero-order valence-corrected chi connectivity index (χ0v) is 14.6. The molecular weight excluding hydrogens is 350 g/mol. The van der Waals surface area contributed by atoms with E-state index in [4.69, 9.17) is 0 Å². The summed E-state index contributed by atoms with van der Waals surface area (Å²) in [5.74, 6) is -1.68. The van der Waals surface area contributed by atoms with E-state index in [2.05, 4.69) is 0 Å². The van der Waals surface area contributed by atoms with Crippen LogP contribution in [0.2, 0.25) is 0 Å². The smallest absolute Gasteiger partial charge is 0.270 e. The number of nitrogens with zero attached hydrogens (tertiary/aromatic N) is 3. The molecule has 1 aliphatic rings. The molecule has 138 valence electrons. The summed E-state index contributed by atoms with van der Waals surface area (Å²) in [6, 6.07) is 12.9. The van der Waals surface area contributed by atoms with Crippen LogP contribution in [0.15, 0.2) is 48.5 Å². The number of nitro groups is 1. The average molecular weight is 367 g/mol. The Balaban J connectivity index is 1.76. The number of amides is 3. The molecule has 0 radical (unpaired) electrons. The van der Waals surface area contributed by atoms with Crippen LogP contribution in [0.4, 0.5) is 5.69 Å². The third-order valence-electron chi connectivity index (χ3n) is 4.41. The molecule has 3 rings (SSSR count). The van der Waals surface area contributed by atoms with Gasteiger partial charge in [-0.3, -0.25) is 29.4 Å². The number of hydrogen-bond acceptors (Lipinski definition) is 5. The zero-order valence-electron chi connectivity index (χ0n) is 14.6. The molecule has 0 aliphatic carbocycles. The Morgan fingerprint density at radius 3 is 2.37 bits per heavy atom. The van der Waals surface area contributed by atoms with Gasteiger partial charge in [0.05, 0.1) is 16.1 Å². The van der Waals surface area contributed by atoms with Crippen LogP contribution in [-0.2, 0) is 11.3 Å². The first-order valence-electron chi connectivity index (χ1n) is 8.38. The molecule has 0 saturated heterocycles. The van der Waals surface area contributed by atoms with Gasteiger partial charge < -0.3 is 4.90 Å². The molecule has 0 N–H and O–H groups in total. The number of likely N-dealkylation sites (N-methyl/N-ethyl adjacent to an activating group) is 1. The lowest BCUT2D eigenvalue weighted by molar-refractivity contribution is -0.384. The highest BCUT2D eigenvalue weighted by Crippen LogP contribution is 2.26. The fourth-order valence-electron chi connectivity index (χ4n) is 2.95. The van der Waals surface area contributed by atoms with Crippen LogP contribution in [0, 0.1) is 10.1 Å². The van der Waals surface area contributed by atoms with Crippen LogP contribution in [0.25, 0.3) is 0 Å². The lowest BCUT2D eigenvalue weighted by Crippen LogP contribution is -2.42. The van der Waals surface area contributed by atoms with Crippen molar-refractivity contribution in [1.29, 1.82) is 0 Å². The van der Waals surface area contributed by atoms with Gasteiger partial charge >= 0.3 is 0 Å². The molecule has 2 aromatic rings. The second kappa shape index (κ2) is 7.36. The summed E-state index contributed by atoms with van der Waals surface area (Å²) in [7, 11) is 0. The molecule has 0 aromatic heterocycles. The van der Waals surface area contributed by atoms with Crippen LogP contribution < -0.4 is 0 Å². The number of benzene rings is 2. The molecule has 1 heterocycles. The summed E-state index contributed by atoms with van der Waals surface area (Å²) < 4.78 is 0. The third-order valence-corrected chi connectivity index (χ3v) is 4.41. The van der Waals surface area contributed by atoms with E-state index in [1.54, 1.807) is 4.90 Å². The molecule has 0 fully saturated rings. The second-order valence-corrected chi connectivity index (χ2v) is 6.08. The number of imide groups is 1. The number of carbonyl (C=O) groups is 3. The zero-order chi connectivity index (χ0) is 19.6. The summed E-state index contributed by atoms with van der Waals surface area (Å²) in [5, 5.41) is 10.9. The number of carbonyl (C=O) groups excluding carboxylic acids is 3. The van der Waals surface area contributed by atoms with E-state index in [0.717, 1.165) is 16.5 Å². The van der Waals surface area contributed by atoms with Gasteiger partial charge in [-0.05, 0) is 18.6 Å². The fourth-order valence-corrected chi connectivity index (χ4v) is 2.95. The Hall–Kier alpha value is -3.55. The van der Waals surface area contributed by atoms with Crippen molar-refractivity contribution in [3.05, 3.63) is 75.3 Å². The second-order valence-electron chi connectivity index (χ2n) is 6.08. The number of rotatable bonds is 6. The topological polar surface area (TPSA) is 101 Å². The molecule has 8 nitrogen and oxygen atoms in total. The lowest BCUT2D eigenvalue weighted by Gasteiger charge is -2.23. The van der Waals surface area contributed by atoms with Crippen LogP contribution in [0.5, 0.6) is 0 Å². The molecule has 0 atom stereocenters. The van der Waals surface area contributed by atoms with Gasteiger partial charge in [-0.2, -0.15) is 0 Å². The average Bonchev–Trinajstić information content (AvgIpc) is 2.91. The normalized spacial score (nSPS) is 12.9. The van der Waals surface area contributed by atoms with Gasteiger partial charge in [0.25, 0.3) is 17.5 Å². The fraction of sp³-hybridized carbons (Fsp3) is 0.211. The molecule has 0 saturated carbocycles. The van der Waals surface area contributed by atoms with Crippen molar-refractivity contribution >= 4 is 23.4 Å². The van der Waals surface area contributed by atoms with E-state index in [1.165, 1.54) is 12.1 Å². The van der Waals surface area contributed by atoms with Crippen molar-refractivity contribution in [3.63, 3.8) is 0 Å². The van der Waals surface area contributed by atoms with Gasteiger partial charge in [-0.15, -0.1) is 0 Å². The van der Waals surface area contributed by atoms with Crippen LogP contribution >= 0.6 is 0 Å². The maximum Gasteiger partial charge on any atom is 0.270 e. The van der Waals surface area contributed by atoms with E-state index in [0.29, 0.717) is 13.1 Å². The monoisotopic (exact) mass is 367 g/mol. The molecule has 0 bridgehead atoms. The van der Waals surface area contributed by atoms with Gasteiger partial charge in [0.15, 0.2) is 0 Å². The first-order valence-corrected chi connectivity index (χ1v) is 8.38. The molecule has 0 unspecified atom stereocenters. The number of fused-ring (bicyclic) bond motifs is 1. The summed E-state index contributed by atoms with van der Waals surface area (Å²) in [6.45, 7) is 2.20. The first kappa shape index (κ1) is 18.2. The van der Waals surface area contributed by atoms with Gasteiger partial charge in [0.1, 0.15) is 6.54 Å².